The van der Waals surface area contributed by atoms with E-state index in [0.717, 1.165) is 31.2 Å². The van der Waals surface area contributed by atoms with Crippen molar-refractivity contribution >= 4 is 23.7 Å². The van der Waals surface area contributed by atoms with Gasteiger partial charge in [-0.2, -0.15) is 0 Å². The quantitative estimate of drug-likeness (QED) is 0.394. The first-order valence-electron chi connectivity index (χ1n) is 13.1. The molecule has 4 aliphatic rings. The van der Waals surface area contributed by atoms with Crippen molar-refractivity contribution < 1.29 is 23.9 Å². The monoisotopic (exact) mass is 498 g/mol. The lowest BCUT2D eigenvalue weighted by molar-refractivity contribution is -0.157. The SMILES string of the molecule is C[C@H](NC(=O)CN)C(=O)N(C1C2CC3CC(C2)CC1C3)[C@H](CCC(=O)OCc1ccccc1)C(N)=O. The molecule has 1 aromatic rings. The number of rotatable bonds is 11. The van der Waals surface area contributed by atoms with Crippen LogP contribution in [0, 0.1) is 23.7 Å². The summed E-state index contributed by atoms with van der Waals surface area (Å²) in [4.78, 5) is 52.6. The molecule has 0 spiro atoms. The average Bonchev–Trinajstić information content (AvgIpc) is 2.85. The van der Waals surface area contributed by atoms with Crippen molar-refractivity contribution in [2.24, 2.45) is 35.1 Å². The van der Waals surface area contributed by atoms with Crippen LogP contribution in [0.3, 0.4) is 0 Å². The number of nitrogens with one attached hydrogen (secondary N) is 1. The van der Waals surface area contributed by atoms with Gasteiger partial charge in [0, 0.05) is 12.5 Å². The fourth-order valence-corrected chi connectivity index (χ4v) is 6.93. The second-order valence-corrected chi connectivity index (χ2v) is 10.8. The highest BCUT2D eigenvalue weighted by atomic mass is 16.5. The minimum absolute atomic E-state index is 0.0406. The summed E-state index contributed by atoms with van der Waals surface area (Å²) >= 11 is 0. The maximum Gasteiger partial charge on any atom is 0.306 e. The molecule has 4 aliphatic carbocycles. The molecule has 0 saturated heterocycles. The first-order valence-corrected chi connectivity index (χ1v) is 13.1. The number of hydrogen-bond donors (Lipinski definition) is 3. The fraction of sp³-hybridized carbons (Fsp3) is 0.630. The molecule has 5 N–H and O–H groups in total. The summed E-state index contributed by atoms with van der Waals surface area (Å²) in [6, 6.07) is 7.41. The molecule has 0 aromatic heterocycles. The van der Waals surface area contributed by atoms with Crippen LogP contribution in [0.4, 0.5) is 0 Å². The average molecular weight is 499 g/mol. The summed E-state index contributed by atoms with van der Waals surface area (Å²) in [6.07, 6.45) is 5.44. The van der Waals surface area contributed by atoms with Gasteiger partial charge in [0.05, 0.1) is 6.54 Å². The fourth-order valence-electron chi connectivity index (χ4n) is 6.93. The largest absolute Gasteiger partial charge is 0.461 e. The van der Waals surface area contributed by atoms with Crippen LogP contribution < -0.4 is 16.8 Å². The Morgan fingerprint density at radius 2 is 1.64 bits per heavy atom. The van der Waals surface area contributed by atoms with Gasteiger partial charge in [-0.1, -0.05) is 30.3 Å². The molecule has 5 rings (SSSR count). The smallest absolute Gasteiger partial charge is 0.306 e. The maximum absolute atomic E-state index is 13.8. The molecule has 0 heterocycles. The lowest BCUT2D eigenvalue weighted by atomic mass is 9.53. The topological polar surface area (TPSA) is 145 Å². The summed E-state index contributed by atoms with van der Waals surface area (Å²) in [7, 11) is 0. The molecule has 0 unspecified atom stereocenters. The Hall–Kier alpha value is -2.94. The van der Waals surface area contributed by atoms with Gasteiger partial charge >= 0.3 is 5.97 Å². The third-order valence-electron chi connectivity index (χ3n) is 8.21. The van der Waals surface area contributed by atoms with E-state index in [1.54, 1.807) is 11.8 Å². The number of primary amides is 1. The van der Waals surface area contributed by atoms with Gasteiger partial charge in [0.1, 0.15) is 18.7 Å². The number of ether oxygens (including phenoxy) is 1. The third-order valence-corrected chi connectivity index (χ3v) is 8.21. The molecule has 36 heavy (non-hydrogen) atoms. The third kappa shape index (κ3) is 5.88. The molecule has 4 fully saturated rings. The highest BCUT2D eigenvalue weighted by Gasteiger charge is 2.53. The van der Waals surface area contributed by atoms with E-state index in [0.29, 0.717) is 23.7 Å². The molecular formula is C27H38N4O5. The standard InChI is InChI=1S/C27H38N4O5/c1-16(30-23(32)14-28)27(35)31(25-20-10-18-9-19(12-20)13-21(25)11-18)22(26(29)34)7-8-24(33)36-15-17-5-3-2-4-6-17/h2-6,16,18-22,25H,7-15,28H2,1H3,(H2,29,34)(H,30,32)/t16-,18?,19?,20?,21?,22+,25?/m0/s1. The predicted octanol–water partition coefficient (Wildman–Crippen LogP) is 1.48. The number of benzene rings is 1. The minimum atomic E-state index is -0.957. The Balaban J connectivity index is 1.50. The molecule has 3 amide bonds. The van der Waals surface area contributed by atoms with Crippen LogP contribution in [0.25, 0.3) is 0 Å². The number of hydrogen-bond acceptors (Lipinski definition) is 6. The van der Waals surface area contributed by atoms with Crippen molar-refractivity contribution in [1.82, 2.24) is 10.2 Å². The maximum atomic E-state index is 13.8. The molecule has 4 saturated carbocycles. The van der Waals surface area contributed by atoms with Crippen LogP contribution in [0.1, 0.15) is 57.4 Å². The van der Waals surface area contributed by atoms with Gasteiger partial charge in [-0.15, -0.1) is 0 Å². The first-order chi connectivity index (χ1) is 17.3. The molecule has 9 nitrogen and oxygen atoms in total. The molecule has 0 aliphatic heterocycles. The number of nitrogens with two attached hydrogens (primary N) is 2. The van der Waals surface area contributed by atoms with E-state index < -0.39 is 29.9 Å². The molecule has 0 radical (unpaired) electrons. The summed E-state index contributed by atoms with van der Waals surface area (Å²) < 4.78 is 5.39. The van der Waals surface area contributed by atoms with Gasteiger partial charge in [0.15, 0.2) is 0 Å². The zero-order valence-electron chi connectivity index (χ0n) is 20.9. The molecule has 9 heteroatoms. The Labute approximate surface area is 212 Å². The predicted molar refractivity (Wildman–Crippen MR) is 133 cm³/mol. The van der Waals surface area contributed by atoms with Gasteiger partial charge in [-0.25, -0.2) is 0 Å². The van der Waals surface area contributed by atoms with Crippen LogP contribution >= 0.6 is 0 Å². The van der Waals surface area contributed by atoms with E-state index in [9.17, 15) is 19.2 Å². The van der Waals surface area contributed by atoms with E-state index in [-0.39, 0.29) is 37.9 Å². The second kappa shape index (κ2) is 11.4. The minimum Gasteiger partial charge on any atom is -0.461 e. The van der Waals surface area contributed by atoms with Gasteiger partial charge in [0.2, 0.25) is 17.7 Å². The molecular weight excluding hydrogens is 460 g/mol. The highest BCUT2D eigenvalue weighted by molar-refractivity contribution is 5.92. The van der Waals surface area contributed by atoms with Crippen LogP contribution in [-0.2, 0) is 30.5 Å². The van der Waals surface area contributed by atoms with Crippen molar-refractivity contribution in [3.63, 3.8) is 0 Å². The Bertz CT molecular complexity index is 940. The van der Waals surface area contributed by atoms with Gasteiger partial charge in [0.25, 0.3) is 0 Å². The van der Waals surface area contributed by atoms with Crippen LogP contribution in [0.5, 0.6) is 0 Å². The van der Waals surface area contributed by atoms with Gasteiger partial charge in [-0.3, -0.25) is 19.2 Å². The Kier molecular flexibility index (Phi) is 8.28. The van der Waals surface area contributed by atoms with Crippen molar-refractivity contribution in [2.75, 3.05) is 6.54 Å². The summed E-state index contributed by atoms with van der Waals surface area (Å²) in [6.45, 7) is 1.51. The van der Waals surface area contributed by atoms with E-state index in [1.807, 2.05) is 30.3 Å². The van der Waals surface area contributed by atoms with E-state index in [4.69, 9.17) is 16.2 Å². The zero-order chi connectivity index (χ0) is 25.8. The van der Waals surface area contributed by atoms with Crippen molar-refractivity contribution in [3.8, 4) is 0 Å². The van der Waals surface area contributed by atoms with Crippen LogP contribution in [0.2, 0.25) is 0 Å². The molecule has 2 atom stereocenters. The normalized spacial score (nSPS) is 27.7. The van der Waals surface area contributed by atoms with Crippen molar-refractivity contribution in [1.29, 1.82) is 0 Å². The van der Waals surface area contributed by atoms with Crippen molar-refractivity contribution in [2.45, 2.75) is 76.6 Å². The number of carbonyl (C=O) groups is 4. The summed E-state index contributed by atoms with van der Waals surface area (Å²) in [5, 5.41) is 2.63. The van der Waals surface area contributed by atoms with E-state index >= 15 is 0 Å². The van der Waals surface area contributed by atoms with E-state index in [1.165, 1.54) is 6.42 Å². The first kappa shape index (κ1) is 26.1. The molecule has 4 bridgehead atoms. The number of nitrogens with zero attached hydrogens (tertiary/aromatic N) is 1. The van der Waals surface area contributed by atoms with Gasteiger partial charge in [-0.05, 0) is 74.7 Å². The van der Waals surface area contributed by atoms with Crippen LogP contribution in [-0.4, -0.2) is 53.3 Å². The lowest BCUT2D eigenvalue weighted by Crippen LogP contribution is -2.65. The van der Waals surface area contributed by atoms with Crippen molar-refractivity contribution in [3.05, 3.63) is 35.9 Å². The van der Waals surface area contributed by atoms with E-state index in [2.05, 4.69) is 5.32 Å². The summed E-state index contributed by atoms with van der Waals surface area (Å²) in [5.74, 6) is 0.0586. The highest BCUT2D eigenvalue weighted by Crippen LogP contribution is 2.55. The van der Waals surface area contributed by atoms with Gasteiger partial charge < -0.3 is 26.4 Å². The summed E-state index contributed by atoms with van der Waals surface area (Å²) in [5.41, 5.74) is 12.2. The number of carbonyl (C=O) groups excluding carboxylic acids is 4. The number of amides is 3. The second-order valence-electron chi connectivity index (χ2n) is 10.8. The van der Waals surface area contributed by atoms with Crippen LogP contribution in [0.15, 0.2) is 30.3 Å². The lowest BCUT2D eigenvalue weighted by Gasteiger charge is -2.58. The Morgan fingerprint density at radius 3 is 2.19 bits per heavy atom. The number of esters is 1. The molecule has 196 valence electrons. The zero-order valence-corrected chi connectivity index (χ0v) is 20.9. The molecule has 1 aromatic carbocycles. The Morgan fingerprint density at radius 1 is 1.03 bits per heavy atom.